The Morgan fingerprint density at radius 2 is 2.19 bits per heavy atom. The lowest BCUT2D eigenvalue weighted by Gasteiger charge is -2.45. The lowest BCUT2D eigenvalue weighted by Crippen LogP contribution is -2.59. The third-order valence-corrected chi connectivity index (χ3v) is 8.57. The van der Waals surface area contributed by atoms with Crippen LogP contribution in [0.4, 0.5) is 0 Å². The zero-order valence-electron chi connectivity index (χ0n) is 19.8. The van der Waals surface area contributed by atoms with Crippen molar-refractivity contribution in [2.45, 2.75) is 24.6 Å². The van der Waals surface area contributed by atoms with E-state index in [2.05, 4.69) is 30.4 Å². The first-order chi connectivity index (χ1) is 17.5. The Labute approximate surface area is 209 Å². The second-order valence-corrected chi connectivity index (χ2v) is 10.8. The maximum absolute atomic E-state index is 13.1. The van der Waals surface area contributed by atoms with E-state index in [1.807, 2.05) is 19.4 Å². The molecule has 1 unspecified atom stereocenters. The minimum Gasteiger partial charge on any atom is -0.377 e. The highest BCUT2D eigenvalue weighted by atomic mass is 32.1. The van der Waals surface area contributed by atoms with Gasteiger partial charge in [-0.25, -0.2) is 4.52 Å². The van der Waals surface area contributed by atoms with Crippen LogP contribution in [0.5, 0.6) is 0 Å². The number of nitrogens with zero attached hydrogens (tertiary/aromatic N) is 6. The number of nitrogens with one attached hydrogen (secondary N) is 2. The molecule has 0 saturated carbocycles. The number of aryl methyl sites for hydroxylation is 1. The molecule has 2 saturated heterocycles. The number of pyridine rings is 2. The molecule has 12 heteroatoms. The van der Waals surface area contributed by atoms with Gasteiger partial charge in [-0.05, 0) is 25.5 Å². The number of likely N-dealkylation sites (tertiary alicyclic amines) is 1. The number of thiazole rings is 1. The van der Waals surface area contributed by atoms with Crippen LogP contribution >= 0.6 is 11.3 Å². The number of fused-ring (bicyclic) bond motifs is 5. The van der Waals surface area contributed by atoms with E-state index in [0.717, 1.165) is 41.6 Å². The lowest BCUT2D eigenvalue weighted by molar-refractivity contribution is -0.122. The van der Waals surface area contributed by atoms with Crippen molar-refractivity contribution in [3.8, 4) is 10.4 Å². The average molecular weight is 507 g/mol. The molecule has 5 aromatic heterocycles. The van der Waals surface area contributed by atoms with Crippen molar-refractivity contribution < 1.29 is 9.84 Å². The Morgan fingerprint density at radius 3 is 2.97 bits per heavy atom. The molecule has 7 rings (SSSR count). The minimum absolute atomic E-state index is 0.207. The summed E-state index contributed by atoms with van der Waals surface area (Å²) in [5.74, 6) is 0. The van der Waals surface area contributed by atoms with E-state index in [9.17, 15) is 9.90 Å². The molecule has 1 spiro atoms. The van der Waals surface area contributed by atoms with Crippen LogP contribution in [0, 0.1) is 0 Å². The molecule has 0 amide bonds. The molecule has 0 aromatic carbocycles. The van der Waals surface area contributed by atoms with Gasteiger partial charge < -0.3 is 14.8 Å². The van der Waals surface area contributed by atoms with E-state index in [-0.39, 0.29) is 11.1 Å². The Balaban J connectivity index is 1.15. The minimum atomic E-state index is -0.884. The maximum atomic E-state index is 13.1. The van der Waals surface area contributed by atoms with E-state index in [1.54, 1.807) is 27.7 Å². The number of rotatable bonds is 6. The SMILES string of the molecule is Cn1cc(-c2cn3nc4c5ncc(C(O)NCCN6CCCC67COC7)cc5[nH]c(=O)c4c3s2)cn1. The fraction of sp³-hybridized carbons (Fsp3) is 0.417. The summed E-state index contributed by atoms with van der Waals surface area (Å²) in [6.45, 7) is 4.19. The molecule has 3 N–H and O–H groups in total. The number of aliphatic hydroxyl groups excluding tert-OH is 1. The molecule has 7 heterocycles. The van der Waals surface area contributed by atoms with E-state index < -0.39 is 6.23 Å². The van der Waals surface area contributed by atoms with Crippen molar-refractivity contribution in [2.75, 3.05) is 32.8 Å². The standard InChI is InChI=1S/C24H26N8O3S/c1-30-10-15(9-27-30)17-11-32-23(36-17)18-20(29-32)19-16(28-22(18)34)7-14(8-26-19)21(33)25-4-6-31-5-2-3-24(31)12-35-13-24/h7-11,21,25,33H,2-6,12-13H2,1H3,(H,28,34). The maximum Gasteiger partial charge on any atom is 0.261 e. The number of hydrogen-bond donors (Lipinski definition) is 3. The van der Waals surface area contributed by atoms with Gasteiger partial charge in [0.05, 0.1) is 35.3 Å². The Hall–Kier alpha value is -3.16. The zero-order valence-corrected chi connectivity index (χ0v) is 20.6. The second kappa shape index (κ2) is 8.18. The molecule has 2 aliphatic rings. The first kappa shape index (κ1) is 22.1. The highest BCUT2D eigenvalue weighted by molar-refractivity contribution is 7.21. The van der Waals surface area contributed by atoms with Crippen LogP contribution in [0.15, 0.2) is 35.6 Å². The number of ether oxygens (including phenoxy) is 1. The third-order valence-electron chi connectivity index (χ3n) is 7.43. The first-order valence-corrected chi connectivity index (χ1v) is 12.9. The monoisotopic (exact) mass is 506 g/mol. The van der Waals surface area contributed by atoms with Gasteiger partial charge in [-0.2, -0.15) is 10.2 Å². The topological polar surface area (TPSA) is 126 Å². The molecule has 0 radical (unpaired) electrons. The molecule has 2 fully saturated rings. The van der Waals surface area contributed by atoms with Crippen molar-refractivity contribution in [3.63, 3.8) is 0 Å². The third kappa shape index (κ3) is 3.40. The number of H-pyrrole nitrogens is 1. The second-order valence-electron chi connectivity index (χ2n) is 9.75. The number of aromatic nitrogens is 6. The molecule has 5 aromatic rings. The Bertz CT molecular complexity index is 1660. The predicted molar refractivity (Wildman–Crippen MR) is 136 cm³/mol. The molecule has 11 nitrogen and oxygen atoms in total. The van der Waals surface area contributed by atoms with Gasteiger partial charge in [0, 0.05) is 49.9 Å². The summed E-state index contributed by atoms with van der Waals surface area (Å²) in [6.07, 6.45) is 8.76. The fourth-order valence-electron chi connectivity index (χ4n) is 5.46. The summed E-state index contributed by atoms with van der Waals surface area (Å²) in [7, 11) is 1.87. The van der Waals surface area contributed by atoms with Gasteiger partial charge in [0.15, 0.2) is 0 Å². The Kier molecular flexibility index (Phi) is 5.02. The summed E-state index contributed by atoms with van der Waals surface area (Å²) in [5.41, 5.74) is 3.25. The molecule has 1 atom stereocenters. The van der Waals surface area contributed by atoms with Crippen molar-refractivity contribution in [1.29, 1.82) is 0 Å². The van der Waals surface area contributed by atoms with Crippen molar-refractivity contribution in [1.82, 2.24) is 39.6 Å². The molecule has 0 bridgehead atoms. The summed E-state index contributed by atoms with van der Waals surface area (Å²) in [5, 5.41) is 23.3. The number of aliphatic hydroxyl groups is 1. The van der Waals surface area contributed by atoms with E-state index >= 15 is 0 Å². The molecule has 36 heavy (non-hydrogen) atoms. The normalized spacial score (nSPS) is 18.6. The molecular weight excluding hydrogens is 480 g/mol. The van der Waals surface area contributed by atoms with Gasteiger partial charge in [0.2, 0.25) is 0 Å². The van der Waals surface area contributed by atoms with Crippen molar-refractivity contribution in [2.24, 2.45) is 7.05 Å². The molecule has 2 aliphatic heterocycles. The average Bonchev–Trinajstić information content (AvgIpc) is 3.60. The summed E-state index contributed by atoms with van der Waals surface area (Å²) < 4.78 is 8.93. The molecule has 186 valence electrons. The van der Waals surface area contributed by atoms with E-state index in [0.29, 0.717) is 34.0 Å². The van der Waals surface area contributed by atoms with Crippen LogP contribution in [0.2, 0.25) is 0 Å². The quantitative estimate of drug-likeness (QED) is 0.297. The van der Waals surface area contributed by atoms with Crippen LogP contribution in [-0.4, -0.2) is 77.8 Å². The van der Waals surface area contributed by atoms with Crippen molar-refractivity contribution in [3.05, 3.63) is 46.8 Å². The lowest BCUT2D eigenvalue weighted by atomic mass is 9.94. The van der Waals surface area contributed by atoms with Crippen LogP contribution < -0.4 is 10.9 Å². The van der Waals surface area contributed by atoms with Crippen molar-refractivity contribution >= 4 is 38.1 Å². The van der Waals surface area contributed by atoms with Gasteiger partial charge in [-0.3, -0.25) is 24.7 Å². The predicted octanol–water partition coefficient (Wildman–Crippen LogP) is 1.63. The van der Waals surface area contributed by atoms with Crippen LogP contribution in [0.25, 0.3) is 37.2 Å². The van der Waals surface area contributed by atoms with Crippen LogP contribution in [0.3, 0.4) is 0 Å². The number of hydrogen-bond acceptors (Lipinski definition) is 9. The summed E-state index contributed by atoms with van der Waals surface area (Å²) in [4.78, 5) is 24.8. The van der Waals surface area contributed by atoms with Gasteiger partial charge >= 0.3 is 0 Å². The van der Waals surface area contributed by atoms with Crippen LogP contribution in [-0.2, 0) is 11.8 Å². The van der Waals surface area contributed by atoms with E-state index in [4.69, 9.17) is 4.74 Å². The van der Waals surface area contributed by atoms with E-state index in [1.165, 1.54) is 24.2 Å². The molecule has 0 aliphatic carbocycles. The van der Waals surface area contributed by atoms with Gasteiger partial charge in [0.1, 0.15) is 27.5 Å². The Morgan fingerprint density at radius 1 is 1.31 bits per heavy atom. The first-order valence-electron chi connectivity index (χ1n) is 12.1. The zero-order chi connectivity index (χ0) is 24.4. The van der Waals surface area contributed by atoms with Gasteiger partial charge in [-0.1, -0.05) is 0 Å². The molecular formula is C24H26N8O3S. The highest BCUT2D eigenvalue weighted by Gasteiger charge is 2.46. The largest absolute Gasteiger partial charge is 0.377 e. The summed E-state index contributed by atoms with van der Waals surface area (Å²) >= 11 is 1.49. The smallest absolute Gasteiger partial charge is 0.261 e. The van der Waals surface area contributed by atoms with Gasteiger partial charge in [-0.15, -0.1) is 11.3 Å². The fourth-order valence-corrected chi connectivity index (χ4v) is 6.52. The van der Waals surface area contributed by atoms with Gasteiger partial charge in [0.25, 0.3) is 5.56 Å². The highest BCUT2D eigenvalue weighted by Crippen LogP contribution is 2.35. The summed E-state index contributed by atoms with van der Waals surface area (Å²) in [6, 6.07) is 1.77. The number of aromatic amines is 1. The van der Waals surface area contributed by atoms with Crippen LogP contribution in [0.1, 0.15) is 24.6 Å².